The van der Waals surface area contributed by atoms with E-state index in [1.807, 2.05) is 0 Å². The molecule has 0 spiro atoms. The maximum absolute atomic E-state index is 9.24. The lowest BCUT2D eigenvalue weighted by molar-refractivity contribution is 0.570. The van der Waals surface area contributed by atoms with Crippen LogP contribution in [0.3, 0.4) is 0 Å². The summed E-state index contributed by atoms with van der Waals surface area (Å²) in [6.45, 7) is 0. The minimum atomic E-state index is 0.632. The summed E-state index contributed by atoms with van der Waals surface area (Å²) in [5.41, 5.74) is 0.632. The molecule has 0 N–H and O–H groups in total. The average Bonchev–Trinajstić information content (AvgIpc) is 1.41. The van der Waals surface area contributed by atoms with Crippen LogP contribution in [0.15, 0.2) is 0 Å². The van der Waals surface area contributed by atoms with Crippen molar-refractivity contribution in [3.05, 3.63) is 0 Å². The van der Waals surface area contributed by atoms with Crippen molar-refractivity contribution in [3.63, 3.8) is 0 Å². The Hall–Kier alpha value is 0.110. The zero-order valence-corrected chi connectivity index (χ0v) is 3.94. The van der Waals surface area contributed by atoms with E-state index < -0.39 is 0 Å². The number of carbonyl (C=O) groups excluding carboxylic acids is 1. The van der Waals surface area contributed by atoms with Gasteiger partial charge in [0.1, 0.15) is 4.70 Å². The summed E-state index contributed by atoms with van der Waals surface area (Å²) >= 11 is 4.98. The van der Waals surface area contributed by atoms with E-state index in [9.17, 15) is 4.79 Å². The first-order valence-corrected chi connectivity index (χ1v) is 2.17. The highest BCUT2D eigenvalue weighted by Gasteiger charge is 1.62. The zero-order chi connectivity index (χ0) is 4.12. The Morgan fingerprint density at radius 3 is 2.60 bits per heavy atom. The van der Waals surface area contributed by atoms with E-state index >= 15 is 0 Å². The topological polar surface area (TPSA) is 17.1 Å². The van der Waals surface area contributed by atoms with E-state index in [4.69, 9.17) is 0 Å². The van der Waals surface area contributed by atoms with Gasteiger partial charge < -0.3 is 0 Å². The highest BCUT2D eigenvalue weighted by Crippen LogP contribution is 1.80. The Bertz CT molecular complexity index is 36.9. The second-order valence-corrected chi connectivity index (χ2v) is 1.39. The molecule has 3 heteroatoms. The molecule has 1 radical (unpaired) electrons. The summed E-state index contributed by atoms with van der Waals surface area (Å²) in [6.07, 6.45) is 0. The molecule has 5 heavy (non-hydrogen) atoms. The molecule has 0 aromatic carbocycles. The van der Waals surface area contributed by atoms with Crippen molar-refractivity contribution < 1.29 is 4.79 Å². The Kier molecular flexibility index (Phi) is 4.20. The van der Waals surface area contributed by atoms with E-state index in [0.29, 0.717) is 5.62 Å². The third-order valence-corrected chi connectivity index (χ3v) is 0.577. The summed E-state index contributed by atoms with van der Waals surface area (Å²) in [7, 11) is 0. The van der Waals surface area contributed by atoms with Crippen molar-refractivity contribution in [3.8, 4) is 0 Å². The van der Waals surface area contributed by atoms with Crippen molar-refractivity contribution in [1.29, 1.82) is 0 Å². The van der Waals surface area contributed by atoms with E-state index in [1.165, 1.54) is 0 Å². The van der Waals surface area contributed by atoms with Gasteiger partial charge in [-0.1, -0.05) is 12.2 Å². The third kappa shape index (κ3) is 4.11. The first-order valence-electron chi connectivity index (χ1n) is 0.880. The molecule has 1 nitrogen and oxygen atoms in total. The Balaban J connectivity index is 2.65. The Morgan fingerprint density at radius 1 is 2.00 bits per heavy atom. The van der Waals surface area contributed by atoms with Crippen LogP contribution >= 0.6 is 24.0 Å². The summed E-state index contributed by atoms with van der Waals surface area (Å²) in [6, 6.07) is 0. The molecule has 0 amide bonds. The lowest BCUT2D eigenvalue weighted by atomic mass is 11.8. The summed E-state index contributed by atoms with van der Waals surface area (Å²) < 4.78 is 2.15. The molecule has 0 aliphatic rings. The molecule has 0 fully saturated rings. The minimum absolute atomic E-state index is 0.632. The fourth-order valence-electron chi connectivity index (χ4n) is 0.0196. The van der Waals surface area contributed by atoms with Crippen LogP contribution in [0, 0.1) is 0 Å². The van der Waals surface area contributed by atoms with Gasteiger partial charge >= 0.3 is 0 Å². The number of thioether (sulfide) groups is 1. The van der Waals surface area contributed by atoms with Gasteiger partial charge in [0.25, 0.3) is 0 Å². The lowest BCUT2D eigenvalue weighted by Gasteiger charge is -1.55. The Labute approximate surface area is 39.7 Å². The van der Waals surface area contributed by atoms with Gasteiger partial charge in [-0.25, -0.2) is 0 Å². The fraction of sp³-hybridized carbons (Fsp3) is 0. The van der Waals surface area contributed by atoms with E-state index in [1.54, 1.807) is 0 Å². The highest BCUT2D eigenvalue weighted by atomic mass is 32.2. The zero-order valence-electron chi connectivity index (χ0n) is 2.30. The van der Waals surface area contributed by atoms with Gasteiger partial charge in [-0.3, -0.25) is 4.79 Å². The molecule has 0 aliphatic carbocycles. The van der Waals surface area contributed by atoms with E-state index in [-0.39, 0.29) is 0 Å². The maximum Gasteiger partial charge on any atom is 0.181 e. The second kappa shape index (κ2) is 4.11. The lowest BCUT2D eigenvalue weighted by Crippen LogP contribution is -1.51. The summed E-state index contributed by atoms with van der Waals surface area (Å²) in [4.78, 5) is 9.24. The molecule has 0 aromatic rings. The van der Waals surface area contributed by atoms with Gasteiger partial charge in [-0.05, 0) is 11.8 Å². The molecule has 0 saturated heterocycles. The number of thiocarbonyl (C=S) groups is 1. The van der Waals surface area contributed by atoms with E-state index in [0.717, 1.165) is 11.8 Å². The van der Waals surface area contributed by atoms with Crippen molar-refractivity contribution in [2.75, 3.05) is 0 Å². The van der Waals surface area contributed by atoms with Crippen molar-refractivity contribution in [2.24, 2.45) is 0 Å². The van der Waals surface area contributed by atoms with Crippen LogP contribution in [-0.4, -0.2) is 10.3 Å². The molecule has 0 bridgehead atoms. The molecular formula is C2HOS2. The quantitative estimate of drug-likeness (QED) is 0.381. The first kappa shape index (κ1) is 5.11. The second-order valence-electron chi connectivity index (χ2n) is 0.297. The monoisotopic (exact) mass is 105 g/mol. The number of hydrogen-bond acceptors (Lipinski definition) is 3. The number of hydrogen-bond donors (Lipinski definition) is 0. The molecule has 0 saturated carbocycles. The van der Waals surface area contributed by atoms with Crippen LogP contribution in [0.2, 0.25) is 0 Å². The summed E-state index contributed by atoms with van der Waals surface area (Å²) in [5.74, 6) is 0. The number of carbonyl (C=O) groups is 1. The van der Waals surface area contributed by atoms with Crippen LogP contribution < -0.4 is 0 Å². The van der Waals surface area contributed by atoms with Crippen molar-refractivity contribution in [1.82, 2.24) is 0 Å². The van der Waals surface area contributed by atoms with E-state index in [2.05, 4.69) is 16.9 Å². The largest absolute Gasteiger partial charge is 0.291 e. The van der Waals surface area contributed by atoms with Gasteiger partial charge in [-0.2, -0.15) is 0 Å². The van der Waals surface area contributed by atoms with Crippen molar-refractivity contribution in [2.45, 2.75) is 0 Å². The SMILES string of the molecule is O=CS[C]=S. The maximum atomic E-state index is 9.24. The normalized spacial score (nSPS) is 6.40. The molecule has 0 unspecified atom stereocenters. The minimum Gasteiger partial charge on any atom is -0.291 e. The molecule has 0 aliphatic heterocycles. The van der Waals surface area contributed by atoms with Gasteiger partial charge in [0.05, 0.1) is 0 Å². The van der Waals surface area contributed by atoms with Crippen LogP contribution in [0.5, 0.6) is 0 Å². The summed E-state index contributed by atoms with van der Waals surface area (Å²) in [5, 5.41) is 0. The number of rotatable bonds is 2. The average molecular weight is 105 g/mol. The van der Waals surface area contributed by atoms with Gasteiger partial charge in [-0.15, -0.1) is 0 Å². The molecule has 0 heterocycles. The smallest absolute Gasteiger partial charge is 0.181 e. The standard InChI is InChI=1S/C2HOS2/c3-1-5-2-4/h1H. The van der Waals surface area contributed by atoms with Crippen LogP contribution in [0.4, 0.5) is 0 Å². The van der Waals surface area contributed by atoms with Gasteiger partial charge in [0.15, 0.2) is 5.62 Å². The highest BCUT2D eigenvalue weighted by molar-refractivity contribution is 8.29. The fourth-order valence-corrected chi connectivity index (χ4v) is 0.177. The molecule has 0 aromatic heterocycles. The van der Waals surface area contributed by atoms with Gasteiger partial charge in [0.2, 0.25) is 0 Å². The van der Waals surface area contributed by atoms with Gasteiger partial charge in [0, 0.05) is 0 Å². The van der Waals surface area contributed by atoms with Crippen LogP contribution in [0.25, 0.3) is 0 Å². The molecular weight excluding hydrogens is 104 g/mol. The van der Waals surface area contributed by atoms with Crippen molar-refractivity contribution >= 4 is 34.3 Å². The third-order valence-electron chi connectivity index (χ3n) is 0.0962. The molecule has 27 valence electrons. The predicted octanol–water partition coefficient (Wildman–Crippen LogP) is 0.744. The first-order chi connectivity index (χ1) is 2.41. The van der Waals surface area contributed by atoms with Crippen LogP contribution in [0.1, 0.15) is 0 Å². The Morgan fingerprint density at radius 2 is 2.60 bits per heavy atom. The molecule has 0 rings (SSSR count). The van der Waals surface area contributed by atoms with Crippen LogP contribution in [-0.2, 0) is 4.79 Å². The predicted molar refractivity (Wildman–Crippen MR) is 26.9 cm³/mol. The molecule has 0 atom stereocenters.